The minimum absolute atomic E-state index is 0. The van der Waals surface area contributed by atoms with Crippen LogP contribution in [0.4, 0.5) is 0 Å². The number of aromatic nitrogens is 3. The van der Waals surface area contributed by atoms with Gasteiger partial charge in [-0.1, -0.05) is 246 Å². The summed E-state index contributed by atoms with van der Waals surface area (Å²) in [6, 6.07) is 35.3. The van der Waals surface area contributed by atoms with Gasteiger partial charge in [0.25, 0.3) is 0 Å². The molecule has 2 saturated heterocycles. The van der Waals surface area contributed by atoms with Gasteiger partial charge in [-0.3, -0.25) is 24.5 Å². The lowest BCUT2D eigenvalue weighted by molar-refractivity contribution is -0.136. The number of rotatable bonds is 8. The first-order valence-corrected chi connectivity index (χ1v) is 29.5. The van der Waals surface area contributed by atoms with E-state index in [0.29, 0.717) is 23.7 Å². The van der Waals surface area contributed by atoms with Gasteiger partial charge in [0, 0.05) is 76.7 Å². The molecule has 0 spiro atoms. The summed E-state index contributed by atoms with van der Waals surface area (Å²) in [5, 5.41) is 0. The van der Waals surface area contributed by atoms with Crippen molar-refractivity contribution in [3.63, 3.8) is 0 Å². The average Bonchev–Trinajstić information content (AvgIpc) is 3.40. The molecule has 2 aromatic carbocycles. The number of carbonyl (C=O) groups is 2. The highest BCUT2D eigenvalue weighted by atomic mass is 16.2. The second-order valence-corrected chi connectivity index (χ2v) is 19.8. The number of carbonyl (C=O) groups excluding carboxylic acids is 2. The highest BCUT2D eigenvalue weighted by Crippen LogP contribution is 2.24. The summed E-state index contributed by atoms with van der Waals surface area (Å²) in [7, 11) is 0. The van der Waals surface area contributed by atoms with Crippen molar-refractivity contribution in [2.24, 2.45) is 29.6 Å². The van der Waals surface area contributed by atoms with E-state index in [1.54, 1.807) is 20.0 Å². The zero-order valence-electron chi connectivity index (χ0n) is 54.0. The highest BCUT2D eigenvalue weighted by Gasteiger charge is 2.31. The summed E-state index contributed by atoms with van der Waals surface area (Å²) in [6.45, 7) is 57.9. The van der Waals surface area contributed by atoms with E-state index < -0.39 is 0 Å². The summed E-state index contributed by atoms with van der Waals surface area (Å²) in [5.41, 5.74) is 6.68. The topological polar surface area (TPSA) is 79.3 Å². The molecule has 0 radical (unpaired) electrons. The van der Waals surface area contributed by atoms with Gasteiger partial charge < -0.3 is 9.80 Å². The average molecular weight is 1070 g/mol. The van der Waals surface area contributed by atoms with Crippen LogP contribution in [0.3, 0.4) is 0 Å². The summed E-state index contributed by atoms with van der Waals surface area (Å²) in [5.74, 6) is 6.60. The molecule has 77 heavy (non-hydrogen) atoms. The van der Waals surface area contributed by atoms with Crippen molar-refractivity contribution in [3.05, 3.63) is 162 Å². The summed E-state index contributed by atoms with van der Waals surface area (Å²) in [4.78, 5) is 37.3. The van der Waals surface area contributed by atoms with Crippen LogP contribution in [-0.4, -0.2) is 62.7 Å². The molecule has 0 aliphatic carbocycles. The van der Waals surface area contributed by atoms with Crippen LogP contribution in [0, 0.1) is 29.6 Å². The second-order valence-electron chi connectivity index (χ2n) is 19.8. The lowest BCUT2D eigenvalue weighted by atomic mass is 9.88. The van der Waals surface area contributed by atoms with Crippen molar-refractivity contribution in [2.75, 3.05) is 26.2 Å². The van der Waals surface area contributed by atoms with Crippen LogP contribution < -0.4 is 0 Å². The summed E-state index contributed by atoms with van der Waals surface area (Å²) >= 11 is 0. The first kappa shape index (κ1) is 83.2. The molecule has 2 aliphatic heterocycles. The van der Waals surface area contributed by atoms with Crippen molar-refractivity contribution in [3.8, 4) is 0 Å². The van der Waals surface area contributed by atoms with Crippen LogP contribution in [0.5, 0.6) is 0 Å². The maximum absolute atomic E-state index is 10.7. The molecule has 5 heterocycles. The van der Waals surface area contributed by atoms with Crippen molar-refractivity contribution in [2.45, 2.75) is 218 Å². The minimum atomic E-state index is 0. The van der Waals surface area contributed by atoms with E-state index in [4.69, 9.17) is 0 Å². The predicted molar refractivity (Wildman–Crippen MR) is 345 cm³/mol. The number of likely N-dealkylation sites (tertiary alicyclic amines) is 2. The van der Waals surface area contributed by atoms with Gasteiger partial charge in [0.05, 0.1) is 0 Å². The molecule has 3 aromatic heterocycles. The molecular weight excluding hydrogens is 943 g/mol. The van der Waals surface area contributed by atoms with E-state index in [0.717, 1.165) is 61.5 Å². The molecule has 5 aromatic rings. The molecule has 0 atom stereocenters. The minimum Gasteiger partial charge on any atom is -0.342 e. The second kappa shape index (κ2) is 55.6. The number of benzene rings is 2. The molecule has 440 valence electrons. The van der Waals surface area contributed by atoms with Gasteiger partial charge in [-0.2, -0.15) is 0 Å². The number of nitrogens with zero attached hydrogens (tertiary/aromatic N) is 5. The fraction of sp³-hybridized carbons (Fsp3) is 0.586. The van der Waals surface area contributed by atoms with Gasteiger partial charge >= 0.3 is 0 Å². The third kappa shape index (κ3) is 44.5. The normalized spacial score (nSPS) is 11.5. The highest BCUT2D eigenvalue weighted by molar-refractivity contribution is 5.74. The van der Waals surface area contributed by atoms with Crippen LogP contribution in [0.25, 0.3) is 0 Å². The molecule has 2 aliphatic rings. The van der Waals surface area contributed by atoms with Gasteiger partial charge in [0.15, 0.2) is 0 Å². The molecule has 7 heteroatoms. The Hall–Kier alpha value is -5.17. The van der Waals surface area contributed by atoms with Crippen molar-refractivity contribution in [1.29, 1.82) is 0 Å². The van der Waals surface area contributed by atoms with E-state index in [-0.39, 0.29) is 19.2 Å². The standard InChI is InChI=1S/C10H14.C9H12.2C8H15NO.3C8H11N.5C2H6.CH4/c1-9(2)8-10-6-4-3-5-7-10;1-8(2)9-6-4-3-5-7-9;2*1-6(2)8-4-9(5-8)7(3)10;1-7(2)8-3-5-9-6-4-8;1-7(2)8-4-3-5-9-6-8;1-7(2)8-5-3-4-6-9-8;5*1-2;/h3-7,9H,8H2,1-2H3;3-8H,1-2H3;2*6,8H,4-5H2,1-3H3;3*3-7H,1-2H3;5*1-2H3;1H4. The Labute approximate surface area is 479 Å². The number of hydrogen-bond donors (Lipinski definition) is 0. The van der Waals surface area contributed by atoms with E-state index in [9.17, 15) is 9.59 Å². The monoisotopic (exact) mass is 1070 g/mol. The Morgan fingerprint density at radius 2 is 0.792 bits per heavy atom. The van der Waals surface area contributed by atoms with Gasteiger partial charge in [-0.05, 0) is 112 Å². The summed E-state index contributed by atoms with van der Waals surface area (Å²) < 4.78 is 0. The third-order valence-electron chi connectivity index (χ3n) is 11.6. The smallest absolute Gasteiger partial charge is 0.219 e. The fourth-order valence-corrected chi connectivity index (χ4v) is 6.49. The van der Waals surface area contributed by atoms with Gasteiger partial charge in [0.2, 0.25) is 11.8 Å². The maximum Gasteiger partial charge on any atom is 0.219 e. The Morgan fingerprint density at radius 1 is 0.429 bits per heavy atom. The molecule has 0 bridgehead atoms. The Morgan fingerprint density at radius 3 is 1.04 bits per heavy atom. The molecule has 0 N–H and O–H groups in total. The van der Waals surface area contributed by atoms with Gasteiger partial charge in [-0.15, -0.1) is 0 Å². The summed E-state index contributed by atoms with van der Waals surface area (Å²) in [6.07, 6.45) is 10.4. The predicted octanol–water partition coefficient (Wildman–Crippen LogP) is 20.3. The van der Waals surface area contributed by atoms with E-state index in [1.165, 1.54) is 28.7 Å². The van der Waals surface area contributed by atoms with Crippen LogP contribution in [0.15, 0.2) is 134 Å². The number of amides is 2. The lowest BCUT2D eigenvalue weighted by Crippen LogP contribution is -2.50. The molecular formula is C70H123N5O2. The first-order chi connectivity index (χ1) is 36.2. The zero-order chi connectivity index (χ0) is 59.6. The van der Waals surface area contributed by atoms with E-state index in [1.807, 2.05) is 146 Å². The molecule has 7 nitrogen and oxygen atoms in total. The van der Waals surface area contributed by atoms with E-state index in [2.05, 4.69) is 173 Å². The first-order valence-electron chi connectivity index (χ1n) is 29.5. The van der Waals surface area contributed by atoms with E-state index >= 15 is 0 Å². The SMILES string of the molecule is C.CC.CC.CC.CC.CC.CC(=O)N1CC(C(C)C)C1.CC(=O)N1CC(C(C)C)C1.CC(C)Cc1ccccc1.CC(C)c1ccccc1.CC(C)c1ccccn1.CC(C)c1cccnc1.CC(C)c1ccncc1. The third-order valence-corrected chi connectivity index (χ3v) is 11.6. The van der Waals surface area contributed by atoms with Crippen molar-refractivity contribution < 1.29 is 9.59 Å². The number of pyridine rings is 3. The molecule has 0 saturated carbocycles. The van der Waals surface area contributed by atoms with Crippen LogP contribution in [0.2, 0.25) is 0 Å². The zero-order valence-corrected chi connectivity index (χ0v) is 54.0. The quantitative estimate of drug-likeness (QED) is 0.155. The van der Waals surface area contributed by atoms with Crippen molar-refractivity contribution >= 4 is 11.8 Å². The van der Waals surface area contributed by atoms with Crippen LogP contribution in [0.1, 0.15) is 239 Å². The van der Waals surface area contributed by atoms with Crippen LogP contribution >= 0.6 is 0 Å². The Balaban J connectivity index is -0.000000185. The fourth-order valence-electron chi connectivity index (χ4n) is 6.49. The lowest BCUT2D eigenvalue weighted by Gasteiger charge is -2.41. The van der Waals surface area contributed by atoms with Gasteiger partial charge in [-0.25, -0.2) is 0 Å². The van der Waals surface area contributed by atoms with Crippen LogP contribution in [-0.2, 0) is 16.0 Å². The number of hydrogen-bond acceptors (Lipinski definition) is 5. The largest absolute Gasteiger partial charge is 0.342 e. The Bertz CT molecular complexity index is 1720. The van der Waals surface area contributed by atoms with Crippen molar-refractivity contribution in [1.82, 2.24) is 24.8 Å². The molecule has 0 unspecified atom stereocenters. The maximum atomic E-state index is 10.7. The molecule has 7 rings (SSSR count). The van der Waals surface area contributed by atoms with Gasteiger partial charge in [0.1, 0.15) is 0 Å². The molecule has 2 fully saturated rings. The Kier molecular flexibility index (Phi) is 60.0. The molecule has 2 amide bonds.